The second kappa shape index (κ2) is 6.00. The second-order valence-electron chi connectivity index (χ2n) is 5.83. The van der Waals surface area contributed by atoms with Crippen molar-refractivity contribution in [3.63, 3.8) is 0 Å². The number of hydrogen-bond donors (Lipinski definition) is 2. The van der Waals surface area contributed by atoms with Crippen LogP contribution in [0.1, 0.15) is 29.8 Å². The van der Waals surface area contributed by atoms with Crippen LogP contribution < -0.4 is 5.32 Å². The Bertz CT molecular complexity index is 587. The molecule has 0 saturated heterocycles. The van der Waals surface area contributed by atoms with Gasteiger partial charge in [0.15, 0.2) is 0 Å². The highest BCUT2D eigenvalue weighted by Crippen LogP contribution is 2.26. The molecule has 1 unspecified atom stereocenters. The molecule has 0 spiro atoms. The number of aliphatic hydroxyl groups excluding tert-OH is 1. The van der Waals surface area contributed by atoms with Crippen LogP contribution in [0.4, 0.5) is 0 Å². The van der Waals surface area contributed by atoms with Gasteiger partial charge in [0.25, 0.3) is 0 Å². The number of aliphatic hydroxyl groups is 1. The van der Waals surface area contributed by atoms with E-state index < -0.39 is 5.54 Å². The maximum atomic E-state index is 10.0. The second-order valence-corrected chi connectivity index (χ2v) is 5.83. The fourth-order valence-electron chi connectivity index (χ4n) is 3.25. The average molecular weight is 285 g/mol. The molecular formula is C17H23N3O. The molecule has 0 aliphatic heterocycles. The molecule has 1 aliphatic carbocycles. The van der Waals surface area contributed by atoms with Gasteiger partial charge in [0.1, 0.15) is 0 Å². The lowest BCUT2D eigenvalue weighted by Gasteiger charge is -2.33. The van der Waals surface area contributed by atoms with Gasteiger partial charge in [-0.05, 0) is 38.3 Å². The highest BCUT2D eigenvalue weighted by atomic mass is 16.3. The van der Waals surface area contributed by atoms with E-state index in [0.29, 0.717) is 6.54 Å². The summed E-state index contributed by atoms with van der Waals surface area (Å²) in [5.74, 6) is 0. The van der Waals surface area contributed by atoms with Gasteiger partial charge < -0.3 is 15.0 Å². The Balaban J connectivity index is 1.94. The molecule has 1 aliphatic rings. The Morgan fingerprint density at radius 3 is 2.71 bits per heavy atom. The van der Waals surface area contributed by atoms with Crippen LogP contribution in [0.2, 0.25) is 0 Å². The summed E-state index contributed by atoms with van der Waals surface area (Å²) in [4.78, 5) is 4.56. The monoisotopic (exact) mass is 285 g/mol. The van der Waals surface area contributed by atoms with Gasteiger partial charge in [-0.15, -0.1) is 0 Å². The molecule has 1 aromatic carbocycles. The van der Waals surface area contributed by atoms with Gasteiger partial charge in [-0.1, -0.05) is 30.3 Å². The number of rotatable bonds is 5. The van der Waals surface area contributed by atoms with Crippen molar-refractivity contribution in [3.8, 4) is 0 Å². The lowest BCUT2D eigenvalue weighted by atomic mass is 9.90. The minimum absolute atomic E-state index is 0.0560. The quantitative estimate of drug-likeness (QED) is 0.882. The van der Waals surface area contributed by atoms with Crippen molar-refractivity contribution < 1.29 is 5.11 Å². The predicted octanol–water partition coefficient (Wildman–Crippen LogP) is 1.87. The average Bonchev–Trinajstić information content (AvgIpc) is 2.96. The molecule has 0 radical (unpaired) electrons. The molecule has 0 saturated carbocycles. The van der Waals surface area contributed by atoms with E-state index in [1.165, 1.54) is 24.2 Å². The predicted molar refractivity (Wildman–Crippen MR) is 83.1 cm³/mol. The van der Waals surface area contributed by atoms with Crippen molar-refractivity contribution in [1.82, 2.24) is 14.9 Å². The molecule has 1 atom stereocenters. The lowest BCUT2D eigenvalue weighted by Crippen LogP contribution is -2.47. The van der Waals surface area contributed by atoms with Gasteiger partial charge >= 0.3 is 0 Å². The number of nitrogens with zero attached hydrogens (tertiary/aromatic N) is 2. The smallest absolute Gasteiger partial charge is 0.0952 e. The van der Waals surface area contributed by atoms with E-state index in [1.807, 2.05) is 31.6 Å². The van der Waals surface area contributed by atoms with Crippen molar-refractivity contribution in [2.24, 2.45) is 0 Å². The molecule has 0 fully saturated rings. The van der Waals surface area contributed by atoms with Gasteiger partial charge in [-0.25, -0.2) is 4.98 Å². The number of benzene rings is 1. The summed E-state index contributed by atoms with van der Waals surface area (Å²) < 4.78 is 2.22. The van der Waals surface area contributed by atoms with Crippen molar-refractivity contribution in [1.29, 1.82) is 0 Å². The summed E-state index contributed by atoms with van der Waals surface area (Å²) in [6, 6.07) is 10.2. The maximum absolute atomic E-state index is 10.0. The van der Waals surface area contributed by atoms with Crippen LogP contribution in [-0.4, -0.2) is 28.3 Å². The molecule has 3 rings (SSSR count). The largest absolute Gasteiger partial charge is 0.394 e. The third-order valence-electron chi connectivity index (χ3n) is 4.63. The van der Waals surface area contributed by atoms with Crippen LogP contribution in [0.25, 0.3) is 0 Å². The van der Waals surface area contributed by atoms with Gasteiger partial charge in [-0.3, -0.25) is 0 Å². The minimum Gasteiger partial charge on any atom is -0.394 e. The van der Waals surface area contributed by atoms with Gasteiger partial charge in [0.05, 0.1) is 24.2 Å². The van der Waals surface area contributed by atoms with E-state index in [1.54, 1.807) is 0 Å². The SMILES string of the molecule is CNC(CO)(Cn1cnc2c1CCCC2)c1ccccc1. The van der Waals surface area contributed by atoms with Crippen LogP contribution >= 0.6 is 0 Å². The number of likely N-dealkylation sites (N-methyl/N-ethyl adjacent to an activating group) is 1. The molecule has 21 heavy (non-hydrogen) atoms. The molecule has 112 valence electrons. The summed E-state index contributed by atoms with van der Waals surface area (Å²) in [7, 11) is 1.91. The normalized spacial score (nSPS) is 17.2. The molecule has 1 aromatic heterocycles. The highest BCUT2D eigenvalue weighted by Gasteiger charge is 2.31. The summed E-state index contributed by atoms with van der Waals surface area (Å²) >= 11 is 0. The van der Waals surface area contributed by atoms with Gasteiger partial charge in [0, 0.05) is 12.2 Å². The van der Waals surface area contributed by atoms with Gasteiger partial charge in [0.2, 0.25) is 0 Å². The lowest BCUT2D eigenvalue weighted by molar-refractivity contribution is 0.149. The summed E-state index contributed by atoms with van der Waals surface area (Å²) in [6.45, 7) is 0.757. The van der Waals surface area contributed by atoms with E-state index in [2.05, 4.69) is 27.0 Å². The molecule has 0 bridgehead atoms. The van der Waals surface area contributed by atoms with Crippen LogP contribution in [0.15, 0.2) is 36.7 Å². The van der Waals surface area contributed by atoms with Crippen LogP contribution in [-0.2, 0) is 24.9 Å². The van der Waals surface area contributed by atoms with E-state index in [4.69, 9.17) is 0 Å². The van der Waals surface area contributed by atoms with Crippen molar-refractivity contribution in [2.45, 2.75) is 37.8 Å². The zero-order chi connectivity index (χ0) is 14.7. The van der Waals surface area contributed by atoms with E-state index in [0.717, 1.165) is 18.4 Å². The van der Waals surface area contributed by atoms with Crippen molar-refractivity contribution >= 4 is 0 Å². The Morgan fingerprint density at radius 1 is 1.24 bits per heavy atom. The first-order valence-corrected chi connectivity index (χ1v) is 7.67. The number of hydrogen-bond acceptors (Lipinski definition) is 3. The molecular weight excluding hydrogens is 262 g/mol. The molecule has 2 N–H and O–H groups in total. The topological polar surface area (TPSA) is 50.1 Å². The van der Waals surface area contributed by atoms with Crippen molar-refractivity contribution in [3.05, 3.63) is 53.6 Å². The molecule has 2 aromatic rings. The van der Waals surface area contributed by atoms with Crippen molar-refractivity contribution in [2.75, 3.05) is 13.7 Å². The highest BCUT2D eigenvalue weighted by molar-refractivity contribution is 5.26. The summed E-state index contributed by atoms with van der Waals surface area (Å²) in [5, 5.41) is 13.4. The zero-order valence-electron chi connectivity index (χ0n) is 12.5. The minimum atomic E-state index is -0.465. The van der Waals surface area contributed by atoms with E-state index in [9.17, 15) is 5.11 Å². The maximum Gasteiger partial charge on any atom is 0.0952 e. The first kappa shape index (κ1) is 14.3. The zero-order valence-corrected chi connectivity index (χ0v) is 12.5. The van der Waals surface area contributed by atoms with Gasteiger partial charge in [-0.2, -0.15) is 0 Å². The molecule has 4 heteroatoms. The summed E-state index contributed by atoms with van der Waals surface area (Å²) in [6.07, 6.45) is 6.57. The first-order valence-electron chi connectivity index (χ1n) is 7.67. The number of aryl methyl sites for hydroxylation is 1. The molecule has 4 nitrogen and oxygen atoms in total. The molecule has 1 heterocycles. The van der Waals surface area contributed by atoms with E-state index in [-0.39, 0.29) is 6.61 Å². The number of fused-ring (bicyclic) bond motifs is 1. The van der Waals surface area contributed by atoms with E-state index >= 15 is 0 Å². The Hall–Kier alpha value is -1.65. The summed E-state index contributed by atoms with van der Waals surface area (Å²) in [5.41, 5.74) is 3.21. The van der Waals surface area contributed by atoms with Crippen LogP contribution in [0, 0.1) is 0 Å². The fourth-order valence-corrected chi connectivity index (χ4v) is 3.25. The standard InChI is InChI=1S/C17H23N3O/c1-18-17(12-21,14-7-3-2-4-8-14)11-20-13-19-15-9-5-6-10-16(15)20/h2-4,7-8,13,18,21H,5-6,9-12H2,1H3. The number of imidazole rings is 1. The number of aromatic nitrogens is 2. The first-order chi connectivity index (χ1) is 10.3. The fraction of sp³-hybridized carbons (Fsp3) is 0.471. The Kier molecular flexibility index (Phi) is 4.08. The molecule has 0 amide bonds. The van der Waals surface area contributed by atoms with Crippen LogP contribution in [0.5, 0.6) is 0 Å². The Morgan fingerprint density at radius 2 is 2.00 bits per heavy atom. The third-order valence-corrected chi connectivity index (χ3v) is 4.63. The third kappa shape index (κ3) is 2.61. The number of nitrogens with one attached hydrogen (secondary N) is 1. The van der Waals surface area contributed by atoms with Crippen LogP contribution in [0.3, 0.4) is 0 Å². The Labute approximate surface area is 125 Å².